The highest BCUT2D eigenvalue weighted by Gasteiger charge is 2.95. The molecule has 8 atom stereocenters. The van der Waals surface area contributed by atoms with Crippen LogP contribution in [0.4, 0.5) is 0 Å². The zero-order chi connectivity index (χ0) is 21.2. The van der Waals surface area contributed by atoms with E-state index in [1.807, 2.05) is 0 Å². The first kappa shape index (κ1) is 18.8. The predicted octanol–water partition coefficient (Wildman–Crippen LogP) is 3.26. The van der Waals surface area contributed by atoms with Gasteiger partial charge in [-0.05, 0) is 61.8 Å². The Bertz CT molecular complexity index is 1190. The number of rotatable bonds is 4. The lowest BCUT2D eigenvalue weighted by atomic mass is 9.70. The lowest BCUT2D eigenvalue weighted by Gasteiger charge is -2.38. The van der Waals surface area contributed by atoms with Crippen LogP contribution in [-0.2, 0) is 24.4 Å². The van der Waals surface area contributed by atoms with E-state index in [9.17, 15) is 16.8 Å². The fourth-order valence-corrected chi connectivity index (χ4v) is 13.5. The van der Waals surface area contributed by atoms with E-state index in [1.54, 1.807) is 60.7 Å². The molecule has 0 aromatic heterocycles. The van der Waals surface area contributed by atoms with E-state index in [2.05, 4.69) is 0 Å². The largest absolute Gasteiger partial charge is 0.361 e. The molecule has 5 aliphatic rings. The van der Waals surface area contributed by atoms with E-state index in [1.165, 1.54) is 0 Å². The maximum Gasteiger partial charge on any atom is 0.182 e. The van der Waals surface area contributed by atoms with Crippen LogP contribution in [0, 0.1) is 23.7 Å². The van der Waals surface area contributed by atoms with Gasteiger partial charge in [-0.25, -0.2) is 16.8 Å². The first-order chi connectivity index (χ1) is 14.8. The van der Waals surface area contributed by atoms with Crippen molar-refractivity contribution in [3.8, 4) is 0 Å². The summed E-state index contributed by atoms with van der Waals surface area (Å²) < 4.78 is 62.3. The zero-order valence-corrected chi connectivity index (χ0v) is 18.6. The number of sulfone groups is 2. The summed E-state index contributed by atoms with van der Waals surface area (Å²) in [5, 5.41) is -1.92. The Morgan fingerprint density at radius 1 is 0.645 bits per heavy atom. The van der Waals surface area contributed by atoms with Crippen molar-refractivity contribution in [3.05, 3.63) is 60.7 Å². The minimum absolute atomic E-state index is 0.214. The van der Waals surface area contributed by atoms with Crippen LogP contribution in [0.15, 0.2) is 70.5 Å². The third kappa shape index (κ3) is 1.95. The van der Waals surface area contributed by atoms with Gasteiger partial charge in [0.15, 0.2) is 19.7 Å². The molecule has 1 saturated heterocycles. The highest BCUT2D eigenvalue weighted by atomic mass is 32.2. The summed E-state index contributed by atoms with van der Waals surface area (Å²) in [5.41, 5.74) is -0.814. The Hall–Kier alpha value is -1.70. The third-order valence-electron chi connectivity index (χ3n) is 9.14. The van der Waals surface area contributed by atoms with E-state index in [0.717, 1.165) is 19.3 Å². The summed E-state index contributed by atoms with van der Waals surface area (Å²) >= 11 is 0. The van der Waals surface area contributed by atoms with Gasteiger partial charge in [0.05, 0.1) is 20.3 Å². The topological polar surface area (TPSA) is 80.8 Å². The zero-order valence-electron chi connectivity index (χ0n) is 16.9. The molecule has 0 N–H and O–H groups in total. The molecule has 4 bridgehead atoms. The molecule has 1 heterocycles. The Morgan fingerprint density at radius 3 is 1.48 bits per heavy atom. The van der Waals surface area contributed by atoms with Gasteiger partial charge < -0.3 is 4.74 Å². The van der Waals surface area contributed by atoms with E-state index in [4.69, 9.17) is 4.74 Å². The lowest BCUT2D eigenvalue weighted by Crippen LogP contribution is -2.55. The SMILES string of the molecule is O=S(=O)(c1ccccc1)[C@@H]1[C@H](S(=O)(=O)c2ccccc2)[C@@H]2C[C@H]1[C@]13O[C@]21[C@H]1CC[C@H]3C1. The molecule has 7 rings (SSSR count). The quantitative estimate of drug-likeness (QED) is 0.660. The number of epoxide rings is 1. The van der Waals surface area contributed by atoms with Crippen LogP contribution in [0.5, 0.6) is 0 Å². The Kier molecular flexibility index (Phi) is 3.41. The third-order valence-corrected chi connectivity index (χ3v) is 13.8. The second kappa shape index (κ2) is 5.61. The number of benzene rings is 2. The first-order valence-electron chi connectivity index (χ1n) is 11.1. The van der Waals surface area contributed by atoms with Gasteiger partial charge in [0.25, 0.3) is 0 Å². The van der Waals surface area contributed by atoms with Crippen molar-refractivity contribution in [2.24, 2.45) is 23.7 Å². The summed E-state index contributed by atoms with van der Waals surface area (Å²) in [6.07, 6.45) is 3.84. The monoisotopic (exact) mass is 456 g/mol. The fraction of sp³-hybridized carbons (Fsp3) is 0.500. The number of hydrogen-bond acceptors (Lipinski definition) is 5. The molecule has 0 amide bonds. The van der Waals surface area contributed by atoms with Crippen molar-refractivity contribution >= 4 is 19.7 Å². The van der Waals surface area contributed by atoms with Gasteiger partial charge in [0, 0.05) is 11.8 Å². The summed E-state index contributed by atoms with van der Waals surface area (Å²) in [7, 11) is -7.68. The maximum absolute atomic E-state index is 13.9. The number of hydrogen-bond donors (Lipinski definition) is 0. The van der Waals surface area contributed by atoms with Crippen molar-refractivity contribution in [2.75, 3.05) is 0 Å². The van der Waals surface area contributed by atoms with Crippen LogP contribution in [0.3, 0.4) is 0 Å². The van der Waals surface area contributed by atoms with Crippen molar-refractivity contribution in [1.29, 1.82) is 0 Å². The van der Waals surface area contributed by atoms with E-state index in [-0.39, 0.29) is 21.6 Å². The normalized spacial score (nSPS) is 44.3. The molecule has 0 unspecified atom stereocenters. The van der Waals surface area contributed by atoms with Crippen molar-refractivity contribution < 1.29 is 21.6 Å². The summed E-state index contributed by atoms with van der Waals surface area (Å²) in [6.45, 7) is 0. The van der Waals surface area contributed by atoms with Crippen molar-refractivity contribution in [1.82, 2.24) is 0 Å². The number of ether oxygens (including phenoxy) is 1. The molecular weight excluding hydrogens is 432 g/mol. The average molecular weight is 457 g/mol. The molecule has 0 radical (unpaired) electrons. The highest BCUT2D eigenvalue weighted by Crippen LogP contribution is 2.85. The molecule has 5 fully saturated rings. The van der Waals surface area contributed by atoms with E-state index < -0.39 is 41.4 Å². The van der Waals surface area contributed by atoms with Gasteiger partial charge in [-0.2, -0.15) is 0 Å². The van der Waals surface area contributed by atoms with Gasteiger partial charge >= 0.3 is 0 Å². The lowest BCUT2D eigenvalue weighted by molar-refractivity contribution is 0.0900. The standard InChI is InChI=1S/C24H24O5S2/c25-30(26,17-7-3-1-4-8-17)21-19-14-20(22(21)31(27,28)18-9-5-2-6-10-18)24-16-12-11-15(13-16)23(19,24)29-24/h1-10,15-16,19-22H,11-14H2/t15-,16-,19-,20+,21+,22-,23+,24-/m0/s1. The molecule has 31 heavy (non-hydrogen) atoms. The van der Waals surface area contributed by atoms with E-state index in [0.29, 0.717) is 18.3 Å². The number of fused-ring (bicyclic) bond motifs is 4. The smallest absolute Gasteiger partial charge is 0.182 e. The summed E-state index contributed by atoms with van der Waals surface area (Å²) in [4.78, 5) is 0.429. The van der Waals surface area contributed by atoms with Crippen LogP contribution in [0.25, 0.3) is 0 Å². The molecule has 2 aromatic carbocycles. The van der Waals surface area contributed by atoms with Gasteiger partial charge in [0.1, 0.15) is 11.2 Å². The minimum Gasteiger partial charge on any atom is -0.361 e. The van der Waals surface area contributed by atoms with Crippen LogP contribution in [0.2, 0.25) is 0 Å². The van der Waals surface area contributed by atoms with Crippen LogP contribution >= 0.6 is 0 Å². The molecule has 7 heteroatoms. The predicted molar refractivity (Wildman–Crippen MR) is 114 cm³/mol. The van der Waals surface area contributed by atoms with Gasteiger partial charge in [0.2, 0.25) is 0 Å². The van der Waals surface area contributed by atoms with Gasteiger partial charge in [-0.1, -0.05) is 36.4 Å². The minimum atomic E-state index is -3.84. The second-order valence-corrected chi connectivity index (χ2v) is 14.2. The van der Waals surface area contributed by atoms with Crippen LogP contribution in [-0.4, -0.2) is 38.5 Å². The van der Waals surface area contributed by atoms with Gasteiger partial charge in [-0.3, -0.25) is 0 Å². The second-order valence-electron chi connectivity index (χ2n) is 9.99. The molecule has 1 aliphatic heterocycles. The molecule has 5 nitrogen and oxygen atoms in total. The van der Waals surface area contributed by atoms with Crippen LogP contribution < -0.4 is 0 Å². The molecular formula is C24H24O5S2. The molecule has 2 aromatic rings. The van der Waals surface area contributed by atoms with Crippen molar-refractivity contribution in [3.63, 3.8) is 0 Å². The van der Waals surface area contributed by atoms with Crippen LogP contribution in [0.1, 0.15) is 25.7 Å². The average Bonchev–Trinajstić information content (AvgIpc) is 3.16. The maximum atomic E-state index is 13.9. The van der Waals surface area contributed by atoms with Crippen molar-refractivity contribution in [2.45, 2.75) is 57.2 Å². The molecule has 0 spiro atoms. The molecule has 4 saturated carbocycles. The first-order valence-corrected chi connectivity index (χ1v) is 14.2. The summed E-state index contributed by atoms with van der Waals surface area (Å²) in [5.74, 6) is 0.255. The summed E-state index contributed by atoms with van der Waals surface area (Å²) in [6, 6.07) is 16.7. The fourth-order valence-electron chi connectivity index (χ4n) is 8.31. The molecule has 4 aliphatic carbocycles. The Morgan fingerprint density at radius 2 is 1.06 bits per heavy atom. The Balaban J connectivity index is 1.43. The van der Waals surface area contributed by atoms with Gasteiger partial charge in [-0.15, -0.1) is 0 Å². The highest BCUT2D eigenvalue weighted by molar-refractivity contribution is 7.96. The Labute approximate surface area is 182 Å². The molecule has 162 valence electrons. The van der Waals surface area contributed by atoms with E-state index >= 15 is 0 Å².